The van der Waals surface area contributed by atoms with Crippen LogP contribution in [0.25, 0.3) is 0 Å². The summed E-state index contributed by atoms with van der Waals surface area (Å²) in [7, 11) is 0. The molecule has 122 valence electrons. The summed E-state index contributed by atoms with van der Waals surface area (Å²) < 4.78 is 45.3. The Bertz CT molecular complexity index is 485. The molecule has 2 N–H and O–H groups in total. The molecule has 0 bridgehead atoms. The average molecular weight is 318 g/mol. The van der Waals surface area contributed by atoms with E-state index in [0.717, 1.165) is 6.54 Å². The number of rotatable bonds is 5. The van der Waals surface area contributed by atoms with Crippen LogP contribution in [-0.2, 0) is 16.1 Å². The quantitative estimate of drug-likeness (QED) is 0.865. The average Bonchev–Trinajstić information content (AvgIpc) is 2.46. The Kier molecular flexibility index (Phi) is 5.62. The number of hydrogen-bond acceptors (Lipinski definition) is 4. The van der Waals surface area contributed by atoms with Gasteiger partial charge in [-0.1, -0.05) is 12.1 Å². The molecule has 5 nitrogen and oxygen atoms in total. The first-order valence-electron chi connectivity index (χ1n) is 6.86. The van der Waals surface area contributed by atoms with Gasteiger partial charge in [-0.3, -0.25) is 4.79 Å². The summed E-state index contributed by atoms with van der Waals surface area (Å²) in [6, 6.07) is 5.37. The molecule has 0 saturated carbocycles. The number of amides is 1. The Morgan fingerprint density at radius 2 is 2.09 bits per heavy atom. The van der Waals surface area contributed by atoms with Crippen LogP contribution in [0.15, 0.2) is 24.3 Å². The molecule has 1 atom stereocenters. The molecule has 22 heavy (non-hydrogen) atoms. The molecule has 2 rings (SSSR count). The van der Waals surface area contributed by atoms with Crippen LogP contribution in [0, 0.1) is 0 Å². The highest BCUT2D eigenvalue weighted by Gasteiger charge is 2.30. The molecule has 0 aromatic heterocycles. The fourth-order valence-corrected chi connectivity index (χ4v) is 2.04. The van der Waals surface area contributed by atoms with E-state index in [1.54, 1.807) is 0 Å². The van der Waals surface area contributed by atoms with Gasteiger partial charge in [-0.05, 0) is 17.7 Å². The maximum Gasteiger partial charge on any atom is 0.573 e. The predicted octanol–water partition coefficient (Wildman–Crippen LogP) is 1.58. The van der Waals surface area contributed by atoms with Crippen molar-refractivity contribution in [2.75, 3.05) is 19.7 Å². The molecular weight excluding hydrogens is 301 g/mol. The summed E-state index contributed by atoms with van der Waals surface area (Å²) in [4.78, 5) is 11.7. The molecule has 1 aromatic rings. The third kappa shape index (κ3) is 5.90. The van der Waals surface area contributed by atoms with Crippen molar-refractivity contribution in [1.29, 1.82) is 0 Å². The fourth-order valence-electron chi connectivity index (χ4n) is 2.04. The van der Waals surface area contributed by atoms with Crippen molar-refractivity contribution < 1.29 is 27.4 Å². The Morgan fingerprint density at radius 1 is 1.36 bits per heavy atom. The topological polar surface area (TPSA) is 59.6 Å². The molecule has 1 amide bonds. The van der Waals surface area contributed by atoms with Crippen LogP contribution in [0.2, 0.25) is 0 Å². The molecule has 1 fully saturated rings. The number of halogens is 3. The Hall–Kier alpha value is -1.80. The van der Waals surface area contributed by atoms with Crippen LogP contribution in [0.1, 0.15) is 12.0 Å². The van der Waals surface area contributed by atoms with Gasteiger partial charge in [0.15, 0.2) is 0 Å². The Morgan fingerprint density at radius 3 is 2.68 bits per heavy atom. The van der Waals surface area contributed by atoms with E-state index in [2.05, 4.69) is 15.4 Å². The first kappa shape index (κ1) is 16.6. The van der Waals surface area contributed by atoms with E-state index >= 15 is 0 Å². The van der Waals surface area contributed by atoms with Gasteiger partial charge in [0.2, 0.25) is 5.91 Å². The summed E-state index contributed by atoms with van der Waals surface area (Å²) >= 11 is 0. The first-order valence-corrected chi connectivity index (χ1v) is 6.86. The number of morpholine rings is 1. The van der Waals surface area contributed by atoms with Crippen molar-refractivity contribution in [3.05, 3.63) is 29.8 Å². The largest absolute Gasteiger partial charge is 0.573 e. The van der Waals surface area contributed by atoms with Crippen LogP contribution >= 0.6 is 0 Å². The summed E-state index contributed by atoms with van der Waals surface area (Å²) in [5, 5.41) is 5.83. The van der Waals surface area contributed by atoms with E-state index in [0.29, 0.717) is 18.7 Å². The molecule has 0 radical (unpaired) electrons. The van der Waals surface area contributed by atoms with Crippen LogP contribution in [0.5, 0.6) is 5.75 Å². The molecule has 0 aliphatic carbocycles. The van der Waals surface area contributed by atoms with E-state index in [9.17, 15) is 18.0 Å². The molecule has 1 aliphatic rings. The lowest BCUT2D eigenvalue weighted by atomic mass is 10.2. The monoisotopic (exact) mass is 318 g/mol. The minimum Gasteiger partial charge on any atom is -0.406 e. The number of carbonyl (C=O) groups is 1. The lowest BCUT2D eigenvalue weighted by Gasteiger charge is -2.23. The number of alkyl halides is 3. The molecular formula is C14H17F3N2O3. The van der Waals surface area contributed by atoms with Crippen molar-refractivity contribution in [2.45, 2.75) is 25.4 Å². The lowest BCUT2D eigenvalue weighted by molar-refractivity contribution is -0.274. The van der Waals surface area contributed by atoms with Gasteiger partial charge in [-0.2, -0.15) is 0 Å². The molecule has 1 unspecified atom stereocenters. The maximum absolute atomic E-state index is 12.0. The minimum atomic E-state index is -4.70. The van der Waals surface area contributed by atoms with E-state index in [1.807, 2.05) is 0 Å². The van der Waals surface area contributed by atoms with E-state index in [1.165, 1.54) is 24.3 Å². The van der Waals surface area contributed by atoms with E-state index in [-0.39, 0.29) is 30.7 Å². The third-order valence-corrected chi connectivity index (χ3v) is 3.06. The predicted molar refractivity (Wildman–Crippen MR) is 72.2 cm³/mol. The number of benzene rings is 1. The zero-order valence-electron chi connectivity index (χ0n) is 11.8. The van der Waals surface area contributed by atoms with Crippen LogP contribution in [0.4, 0.5) is 13.2 Å². The molecule has 1 aliphatic heterocycles. The normalized spacial score (nSPS) is 18.8. The van der Waals surface area contributed by atoms with E-state index < -0.39 is 6.36 Å². The van der Waals surface area contributed by atoms with Gasteiger partial charge in [-0.15, -0.1) is 13.2 Å². The smallest absolute Gasteiger partial charge is 0.406 e. The van der Waals surface area contributed by atoms with Gasteiger partial charge in [0, 0.05) is 19.6 Å². The summed E-state index contributed by atoms with van der Waals surface area (Å²) in [5.74, 6) is -0.450. The second-order valence-electron chi connectivity index (χ2n) is 4.87. The van der Waals surface area contributed by atoms with Crippen molar-refractivity contribution in [3.8, 4) is 5.75 Å². The Balaban J connectivity index is 1.75. The van der Waals surface area contributed by atoms with Crippen molar-refractivity contribution in [3.63, 3.8) is 0 Å². The summed E-state index contributed by atoms with van der Waals surface area (Å²) in [6.07, 6.45) is -4.59. The van der Waals surface area contributed by atoms with Gasteiger partial charge in [0.25, 0.3) is 0 Å². The number of hydrogen-bond donors (Lipinski definition) is 2. The first-order chi connectivity index (χ1) is 10.4. The second-order valence-corrected chi connectivity index (χ2v) is 4.87. The number of carbonyl (C=O) groups excluding carboxylic acids is 1. The van der Waals surface area contributed by atoms with Gasteiger partial charge in [-0.25, -0.2) is 0 Å². The zero-order chi connectivity index (χ0) is 16.0. The highest BCUT2D eigenvalue weighted by molar-refractivity contribution is 5.76. The molecule has 1 aromatic carbocycles. The van der Waals surface area contributed by atoms with Gasteiger partial charge < -0.3 is 20.1 Å². The molecule has 8 heteroatoms. The molecule has 0 spiro atoms. The number of ether oxygens (including phenoxy) is 2. The van der Waals surface area contributed by atoms with Crippen molar-refractivity contribution >= 4 is 5.91 Å². The Labute approximate surface area is 125 Å². The van der Waals surface area contributed by atoms with E-state index in [4.69, 9.17) is 4.74 Å². The SMILES string of the molecule is O=C(CC1CNCCO1)NCc1ccc(OC(F)(F)F)cc1. The third-order valence-electron chi connectivity index (χ3n) is 3.06. The number of nitrogens with one attached hydrogen (secondary N) is 2. The second kappa shape index (κ2) is 7.46. The standard InChI is InChI=1S/C14H17F3N2O3/c15-14(16,17)22-11-3-1-10(2-4-11)8-19-13(20)7-12-9-18-5-6-21-12/h1-4,12,18H,5-9H2,(H,19,20). The van der Waals surface area contributed by atoms with Crippen molar-refractivity contribution in [1.82, 2.24) is 10.6 Å². The zero-order valence-corrected chi connectivity index (χ0v) is 11.8. The van der Waals surface area contributed by atoms with Gasteiger partial charge in [0.1, 0.15) is 5.75 Å². The molecule has 1 heterocycles. The van der Waals surface area contributed by atoms with Crippen LogP contribution in [0.3, 0.4) is 0 Å². The minimum absolute atomic E-state index is 0.142. The summed E-state index contributed by atoms with van der Waals surface area (Å²) in [6.45, 7) is 2.24. The molecule has 1 saturated heterocycles. The van der Waals surface area contributed by atoms with Crippen LogP contribution in [-0.4, -0.2) is 38.1 Å². The summed E-state index contributed by atoms with van der Waals surface area (Å²) in [5.41, 5.74) is 0.686. The van der Waals surface area contributed by atoms with Gasteiger partial charge >= 0.3 is 6.36 Å². The van der Waals surface area contributed by atoms with Crippen molar-refractivity contribution in [2.24, 2.45) is 0 Å². The van der Waals surface area contributed by atoms with Crippen LogP contribution < -0.4 is 15.4 Å². The highest BCUT2D eigenvalue weighted by Crippen LogP contribution is 2.22. The maximum atomic E-state index is 12.0. The lowest BCUT2D eigenvalue weighted by Crippen LogP contribution is -2.41. The highest BCUT2D eigenvalue weighted by atomic mass is 19.4. The fraction of sp³-hybridized carbons (Fsp3) is 0.500. The van der Waals surface area contributed by atoms with Gasteiger partial charge in [0.05, 0.1) is 19.1 Å².